The molecule has 4 rings (SSSR count). The van der Waals surface area contributed by atoms with Gasteiger partial charge in [-0.05, 0) is 43.3 Å². The second-order valence-electron chi connectivity index (χ2n) is 7.15. The molecule has 0 aliphatic heterocycles. The Labute approximate surface area is 190 Å². The number of nitrogens with zero attached hydrogens (tertiary/aromatic N) is 6. The molecule has 0 bridgehead atoms. The van der Waals surface area contributed by atoms with E-state index in [0.29, 0.717) is 24.5 Å². The highest BCUT2D eigenvalue weighted by Gasteiger charge is 2.17. The van der Waals surface area contributed by atoms with Gasteiger partial charge in [0.2, 0.25) is 0 Å². The molecule has 0 atom stereocenters. The van der Waals surface area contributed by atoms with Crippen LogP contribution in [0.4, 0.5) is 0 Å². The van der Waals surface area contributed by atoms with Crippen LogP contribution in [0.1, 0.15) is 17.8 Å². The first-order valence-corrected chi connectivity index (χ1v) is 11.3. The molecule has 0 saturated heterocycles. The van der Waals surface area contributed by atoms with Crippen molar-refractivity contribution in [3.8, 4) is 5.69 Å². The Morgan fingerprint density at radius 2 is 1.90 bits per heavy atom. The molecule has 4 aromatic rings. The Bertz CT molecular complexity index is 1160. The van der Waals surface area contributed by atoms with E-state index in [1.165, 1.54) is 0 Å². The van der Waals surface area contributed by atoms with E-state index >= 15 is 0 Å². The van der Waals surface area contributed by atoms with Crippen molar-refractivity contribution in [3.05, 3.63) is 71.3 Å². The van der Waals surface area contributed by atoms with Crippen molar-refractivity contribution in [1.29, 1.82) is 0 Å². The molecule has 160 valence electrons. The van der Waals surface area contributed by atoms with Gasteiger partial charge in [0, 0.05) is 36.3 Å². The summed E-state index contributed by atoms with van der Waals surface area (Å²) >= 11 is 7.82. The highest BCUT2D eigenvalue weighted by atomic mass is 35.5. The topological polar surface area (TPSA) is 80.0 Å². The van der Waals surface area contributed by atoms with Crippen LogP contribution in [0.15, 0.2) is 60.0 Å². The summed E-state index contributed by atoms with van der Waals surface area (Å²) in [7, 11) is 2.05. The molecule has 2 aromatic heterocycles. The van der Waals surface area contributed by atoms with Crippen LogP contribution in [-0.2, 0) is 13.1 Å². The van der Waals surface area contributed by atoms with Crippen LogP contribution in [-0.4, -0.2) is 54.1 Å². The van der Waals surface area contributed by atoms with Crippen LogP contribution in [0.2, 0.25) is 5.02 Å². The minimum absolute atomic E-state index is 0.155. The number of para-hydroxylation sites is 1. The van der Waals surface area contributed by atoms with Crippen molar-refractivity contribution < 1.29 is 5.11 Å². The highest BCUT2D eigenvalue weighted by molar-refractivity contribution is 7.99. The minimum Gasteiger partial charge on any atom is -0.396 e. The summed E-state index contributed by atoms with van der Waals surface area (Å²) in [5.74, 6) is 1.59. The van der Waals surface area contributed by atoms with E-state index in [1.807, 2.05) is 48.0 Å². The van der Waals surface area contributed by atoms with Gasteiger partial charge in [-0.2, -0.15) is 0 Å². The second-order valence-corrected chi connectivity index (χ2v) is 8.65. The van der Waals surface area contributed by atoms with Crippen LogP contribution >= 0.6 is 23.4 Å². The fourth-order valence-corrected chi connectivity index (χ4v) is 4.45. The third-order valence-electron chi connectivity index (χ3n) is 4.73. The number of hydrogen-bond acceptors (Lipinski definition) is 7. The quantitative estimate of drug-likeness (QED) is 0.302. The predicted molar refractivity (Wildman–Crippen MR) is 124 cm³/mol. The summed E-state index contributed by atoms with van der Waals surface area (Å²) in [5.41, 5.74) is 3.83. The fourth-order valence-electron chi connectivity index (χ4n) is 3.37. The third kappa shape index (κ3) is 5.22. The van der Waals surface area contributed by atoms with Gasteiger partial charge in [0.1, 0.15) is 0 Å². The first-order valence-electron chi connectivity index (χ1n) is 9.97. The van der Waals surface area contributed by atoms with Crippen LogP contribution in [0.3, 0.4) is 0 Å². The normalized spacial score (nSPS) is 11.5. The molecular weight excluding hydrogens is 432 g/mol. The Kier molecular flexibility index (Phi) is 7.14. The van der Waals surface area contributed by atoms with Gasteiger partial charge in [-0.1, -0.05) is 41.6 Å². The van der Waals surface area contributed by atoms with Crippen LogP contribution in [0.25, 0.3) is 16.7 Å². The third-order valence-corrected chi connectivity index (χ3v) is 5.98. The van der Waals surface area contributed by atoms with Gasteiger partial charge in [-0.25, -0.2) is 0 Å². The lowest BCUT2D eigenvalue weighted by Gasteiger charge is -2.18. The zero-order chi connectivity index (χ0) is 21.6. The molecule has 0 spiro atoms. The molecule has 9 heteroatoms. The molecule has 0 saturated carbocycles. The SMILES string of the molecule is CN(Cc1cccc2nccnc12)Cc1nnc(SCCCO)n1-c1cccc(Cl)c1. The van der Waals surface area contributed by atoms with Crippen LogP contribution in [0, 0.1) is 0 Å². The lowest BCUT2D eigenvalue weighted by Crippen LogP contribution is -2.20. The van der Waals surface area contributed by atoms with Crippen molar-refractivity contribution in [2.45, 2.75) is 24.7 Å². The van der Waals surface area contributed by atoms with E-state index in [4.69, 9.17) is 16.7 Å². The van der Waals surface area contributed by atoms with Gasteiger partial charge in [-0.15, -0.1) is 10.2 Å². The average Bonchev–Trinajstić information content (AvgIpc) is 3.16. The first kappa shape index (κ1) is 21.7. The summed E-state index contributed by atoms with van der Waals surface area (Å²) in [6, 6.07) is 13.7. The molecule has 0 aliphatic rings. The Hall–Kier alpha value is -2.52. The van der Waals surface area contributed by atoms with Gasteiger partial charge in [-0.3, -0.25) is 19.4 Å². The van der Waals surface area contributed by atoms with Crippen molar-refractivity contribution in [2.24, 2.45) is 0 Å². The summed E-state index contributed by atoms with van der Waals surface area (Å²) in [6.07, 6.45) is 4.13. The summed E-state index contributed by atoms with van der Waals surface area (Å²) in [6.45, 7) is 1.45. The Morgan fingerprint density at radius 1 is 1.06 bits per heavy atom. The molecule has 0 amide bonds. The van der Waals surface area contributed by atoms with E-state index in [1.54, 1.807) is 24.2 Å². The summed E-state index contributed by atoms with van der Waals surface area (Å²) < 4.78 is 2.04. The van der Waals surface area contributed by atoms with Crippen molar-refractivity contribution in [1.82, 2.24) is 29.6 Å². The van der Waals surface area contributed by atoms with Gasteiger partial charge < -0.3 is 5.11 Å². The lowest BCUT2D eigenvalue weighted by atomic mass is 10.1. The number of fused-ring (bicyclic) bond motifs is 1. The zero-order valence-corrected chi connectivity index (χ0v) is 18.7. The number of benzene rings is 2. The van der Waals surface area contributed by atoms with Crippen molar-refractivity contribution in [2.75, 3.05) is 19.4 Å². The van der Waals surface area contributed by atoms with E-state index in [0.717, 1.165) is 39.0 Å². The molecule has 1 N–H and O–H groups in total. The van der Waals surface area contributed by atoms with Crippen LogP contribution in [0.5, 0.6) is 0 Å². The number of aliphatic hydroxyl groups excluding tert-OH is 1. The van der Waals surface area contributed by atoms with E-state index in [-0.39, 0.29) is 6.61 Å². The van der Waals surface area contributed by atoms with E-state index < -0.39 is 0 Å². The van der Waals surface area contributed by atoms with Crippen molar-refractivity contribution >= 4 is 34.4 Å². The lowest BCUT2D eigenvalue weighted by molar-refractivity contribution is 0.296. The minimum atomic E-state index is 0.155. The Balaban J connectivity index is 1.59. The van der Waals surface area contributed by atoms with Gasteiger partial charge >= 0.3 is 0 Å². The molecule has 0 aliphatic carbocycles. The number of aromatic nitrogens is 5. The number of hydrogen-bond donors (Lipinski definition) is 1. The number of thioether (sulfide) groups is 1. The molecule has 2 heterocycles. The van der Waals surface area contributed by atoms with Gasteiger partial charge in [0.15, 0.2) is 11.0 Å². The summed E-state index contributed by atoms with van der Waals surface area (Å²) in [4.78, 5) is 11.1. The maximum absolute atomic E-state index is 9.12. The molecule has 31 heavy (non-hydrogen) atoms. The standard InChI is InChI=1S/C22H23ClN6OS/c1-28(14-16-5-2-8-19-21(16)25-10-9-24-19)15-20-26-27-22(31-12-4-11-30)29(20)18-7-3-6-17(23)13-18/h2-3,5-10,13,30H,4,11-12,14-15H2,1H3. The smallest absolute Gasteiger partial charge is 0.195 e. The Morgan fingerprint density at radius 3 is 2.74 bits per heavy atom. The van der Waals surface area contributed by atoms with Crippen molar-refractivity contribution in [3.63, 3.8) is 0 Å². The highest BCUT2D eigenvalue weighted by Crippen LogP contribution is 2.25. The number of halogens is 1. The van der Waals surface area contributed by atoms with Crippen LogP contribution < -0.4 is 0 Å². The monoisotopic (exact) mass is 454 g/mol. The van der Waals surface area contributed by atoms with E-state index in [2.05, 4.69) is 31.1 Å². The predicted octanol–water partition coefficient (Wildman–Crippen LogP) is 3.97. The first-order chi connectivity index (χ1) is 15.2. The van der Waals surface area contributed by atoms with Gasteiger partial charge in [0.25, 0.3) is 0 Å². The molecule has 2 aromatic carbocycles. The van der Waals surface area contributed by atoms with E-state index in [9.17, 15) is 0 Å². The fraction of sp³-hybridized carbons (Fsp3) is 0.273. The molecule has 0 unspecified atom stereocenters. The number of aliphatic hydroxyl groups is 1. The average molecular weight is 455 g/mol. The number of rotatable bonds is 9. The maximum atomic E-state index is 9.12. The maximum Gasteiger partial charge on any atom is 0.195 e. The zero-order valence-electron chi connectivity index (χ0n) is 17.1. The summed E-state index contributed by atoms with van der Waals surface area (Å²) in [5, 5.41) is 19.4. The van der Waals surface area contributed by atoms with Gasteiger partial charge in [0.05, 0.1) is 23.3 Å². The molecule has 0 fully saturated rings. The molecule has 7 nitrogen and oxygen atoms in total. The molecular formula is C22H23ClN6OS. The largest absolute Gasteiger partial charge is 0.396 e. The second kappa shape index (κ2) is 10.2. The molecule has 0 radical (unpaired) electrons.